The number of hydrogen-bond acceptors (Lipinski definition) is 8. The van der Waals surface area contributed by atoms with Gasteiger partial charge in [0.25, 0.3) is 0 Å². The predicted octanol–water partition coefficient (Wildman–Crippen LogP) is 10.6. The predicted molar refractivity (Wildman–Crippen MR) is 211 cm³/mol. The van der Waals surface area contributed by atoms with Crippen LogP contribution in [0.5, 0.6) is 0 Å². The SMILES string of the molecule is C.C.CC(C)(C)OC(=O)N1CCC(C(C)(C)S(=O)(=O)c2cc(F)cc(C(F)(F)F)c2)CC1.CC(C)(C)OC(=O)N1CCC(CS(=O)(=O)c2cc(F)cc(C(F)(F)F)c2)CC1. The average molecular weight is 911 g/mol. The fourth-order valence-electron chi connectivity index (χ4n) is 6.41. The van der Waals surface area contributed by atoms with Gasteiger partial charge >= 0.3 is 24.5 Å². The molecule has 0 unspecified atom stereocenters. The van der Waals surface area contributed by atoms with Gasteiger partial charge in [0.1, 0.15) is 22.8 Å². The van der Waals surface area contributed by atoms with Crippen LogP contribution >= 0.6 is 0 Å². The molecule has 60 heavy (non-hydrogen) atoms. The minimum Gasteiger partial charge on any atom is -0.444 e. The van der Waals surface area contributed by atoms with E-state index >= 15 is 0 Å². The van der Waals surface area contributed by atoms with Gasteiger partial charge in [-0.1, -0.05) is 14.9 Å². The highest BCUT2D eigenvalue weighted by molar-refractivity contribution is 7.92. The van der Waals surface area contributed by atoms with Crippen molar-refractivity contribution >= 4 is 31.9 Å². The number of ether oxygens (including phenoxy) is 2. The van der Waals surface area contributed by atoms with E-state index in [0.29, 0.717) is 49.9 Å². The van der Waals surface area contributed by atoms with Gasteiger partial charge in [-0.2, -0.15) is 26.3 Å². The summed E-state index contributed by atoms with van der Waals surface area (Å²) in [5.74, 6) is -3.71. The third-order valence-electron chi connectivity index (χ3n) is 9.61. The monoisotopic (exact) mass is 910 g/mol. The molecule has 4 rings (SSSR count). The van der Waals surface area contributed by atoms with Gasteiger partial charge in [-0.15, -0.1) is 0 Å². The first-order chi connectivity index (χ1) is 26.1. The molecule has 0 N–H and O–H groups in total. The van der Waals surface area contributed by atoms with Crippen LogP contribution in [0.4, 0.5) is 44.7 Å². The Balaban J connectivity index is 0.000000582. The molecule has 0 bridgehead atoms. The highest BCUT2D eigenvalue weighted by Crippen LogP contribution is 2.40. The van der Waals surface area contributed by atoms with Crippen molar-refractivity contribution in [3.8, 4) is 0 Å². The van der Waals surface area contributed by atoms with E-state index in [2.05, 4.69) is 0 Å². The van der Waals surface area contributed by atoms with Crippen molar-refractivity contribution in [1.29, 1.82) is 0 Å². The van der Waals surface area contributed by atoms with Crippen molar-refractivity contribution in [2.24, 2.45) is 11.8 Å². The topological polar surface area (TPSA) is 127 Å². The molecule has 2 fully saturated rings. The Morgan fingerprint density at radius 2 is 0.950 bits per heavy atom. The Hall–Kier alpha value is -3.68. The standard InChI is InChI=1S/C20H27F4NO4S.C18H23F4NO4S.2CH4/c1-18(2,3)29-17(26)25-8-6-13(7-9-25)19(4,5)30(27,28)16-11-14(20(22,23)24)10-15(21)12-16;1-17(2,3)27-16(24)23-6-4-12(5-7-23)11-28(25,26)15-9-13(18(20,21)22)8-14(19)10-15;;/h10-13H,6-9H2,1-5H3;8-10,12H,4-7,11H2,1-3H3;2*1H4. The van der Waals surface area contributed by atoms with Crippen LogP contribution in [0.1, 0.15) is 107 Å². The van der Waals surface area contributed by atoms with Crippen LogP contribution in [-0.2, 0) is 41.5 Å². The molecule has 2 amide bonds. The van der Waals surface area contributed by atoms with Crippen molar-refractivity contribution in [2.75, 3.05) is 31.9 Å². The Morgan fingerprint density at radius 3 is 1.32 bits per heavy atom. The summed E-state index contributed by atoms with van der Waals surface area (Å²) < 4.78 is 165. The number of carbonyl (C=O) groups is 2. The highest BCUT2D eigenvalue weighted by Gasteiger charge is 2.46. The van der Waals surface area contributed by atoms with E-state index in [1.165, 1.54) is 23.6 Å². The van der Waals surface area contributed by atoms with Gasteiger partial charge < -0.3 is 19.3 Å². The van der Waals surface area contributed by atoms with Crippen LogP contribution in [0.3, 0.4) is 0 Å². The lowest BCUT2D eigenvalue weighted by atomic mass is 9.86. The van der Waals surface area contributed by atoms with Crippen LogP contribution in [0.15, 0.2) is 46.2 Å². The minimum absolute atomic E-state index is 0. The van der Waals surface area contributed by atoms with E-state index in [-0.39, 0.29) is 59.1 Å². The van der Waals surface area contributed by atoms with Crippen LogP contribution in [-0.4, -0.2) is 86.7 Å². The van der Waals surface area contributed by atoms with Gasteiger partial charge in [-0.25, -0.2) is 35.2 Å². The van der Waals surface area contributed by atoms with E-state index in [9.17, 15) is 61.5 Å². The summed E-state index contributed by atoms with van der Waals surface area (Å²) >= 11 is 0. The van der Waals surface area contributed by atoms with Crippen LogP contribution < -0.4 is 0 Å². The number of carbonyl (C=O) groups excluding carboxylic acids is 2. The average Bonchev–Trinajstić information content (AvgIpc) is 3.06. The number of likely N-dealkylation sites (tertiary alicyclic amines) is 2. The van der Waals surface area contributed by atoms with Crippen LogP contribution in [0, 0.1) is 23.5 Å². The molecule has 2 aromatic rings. The van der Waals surface area contributed by atoms with E-state index < -0.39 is 104 Å². The summed E-state index contributed by atoms with van der Waals surface area (Å²) in [4.78, 5) is 25.8. The van der Waals surface area contributed by atoms with Crippen molar-refractivity contribution in [3.05, 3.63) is 59.2 Å². The second kappa shape index (κ2) is 19.6. The number of nitrogens with zero attached hydrogens (tertiary/aromatic N) is 2. The van der Waals surface area contributed by atoms with Crippen LogP contribution in [0.2, 0.25) is 0 Å². The zero-order valence-electron chi connectivity index (χ0n) is 33.5. The van der Waals surface area contributed by atoms with Crippen molar-refractivity contribution in [3.63, 3.8) is 0 Å². The number of piperidine rings is 2. The first-order valence-electron chi connectivity index (χ1n) is 18.3. The minimum atomic E-state index is -4.87. The summed E-state index contributed by atoms with van der Waals surface area (Å²) in [7, 11) is -8.39. The summed E-state index contributed by atoms with van der Waals surface area (Å²) in [6, 6.07) is 2.66. The molecule has 0 atom stereocenters. The first-order valence-corrected chi connectivity index (χ1v) is 21.4. The zero-order valence-corrected chi connectivity index (χ0v) is 35.1. The summed E-state index contributed by atoms with van der Waals surface area (Å²) in [5, 5.41) is 0. The Labute approximate surface area is 348 Å². The van der Waals surface area contributed by atoms with E-state index in [1.807, 2.05) is 0 Å². The lowest BCUT2D eigenvalue weighted by Gasteiger charge is -2.40. The molecule has 0 saturated carbocycles. The molecule has 0 aromatic heterocycles. The quantitative estimate of drug-likeness (QED) is 0.262. The molecule has 2 heterocycles. The van der Waals surface area contributed by atoms with Gasteiger partial charge in [-0.3, -0.25) is 0 Å². The Morgan fingerprint density at radius 1 is 0.600 bits per heavy atom. The summed E-state index contributed by atoms with van der Waals surface area (Å²) in [5.41, 5.74) is -4.00. The number of amides is 2. The molecule has 20 heteroatoms. The molecular formula is C40H58F8N2O8S2. The molecule has 2 aliphatic rings. The maximum atomic E-state index is 13.8. The number of halogens is 8. The number of rotatable bonds is 6. The van der Waals surface area contributed by atoms with Crippen molar-refractivity contribution in [2.45, 2.75) is 134 Å². The molecule has 10 nitrogen and oxygen atoms in total. The lowest BCUT2D eigenvalue weighted by molar-refractivity contribution is -0.138. The van der Waals surface area contributed by atoms with Crippen molar-refractivity contribution < 1.29 is 71.0 Å². The molecule has 0 radical (unpaired) electrons. The summed E-state index contributed by atoms with van der Waals surface area (Å²) in [6.07, 6.45) is -9.32. The molecule has 0 spiro atoms. The normalized spacial score (nSPS) is 16.5. The maximum absolute atomic E-state index is 13.8. The lowest BCUT2D eigenvalue weighted by Crippen LogP contribution is -2.48. The van der Waals surface area contributed by atoms with Crippen LogP contribution in [0.25, 0.3) is 0 Å². The van der Waals surface area contributed by atoms with E-state index in [4.69, 9.17) is 9.47 Å². The maximum Gasteiger partial charge on any atom is 0.416 e. The second-order valence-corrected chi connectivity index (χ2v) is 21.5. The molecule has 0 aliphatic carbocycles. The fraction of sp³-hybridized carbons (Fsp3) is 0.650. The highest BCUT2D eigenvalue weighted by atomic mass is 32.2. The van der Waals surface area contributed by atoms with Gasteiger partial charge in [0.2, 0.25) is 0 Å². The third kappa shape index (κ3) is 14.8. The van der Waals surface area contributed by atoms with E-state index in [0.717, 1.165) is 0 Å². The number of alkyl halides is 6. The molecule has 2 aromatic carbocycles. The molecular weight excluding hydrogens is 853 g/mol. The van der Waals surface area contributed by atoms with Crippen molar-refractivity contribution in [1.82, 2.24) is 9.80 Å². The number of sulfone groups is 2. The summed E-state index contributed by atoms with van der Waals surface area (Å²) in [6.45, 7) is 14.4. The second-order valence-electron chi connectivity index (χ2n) is 16.9. The molecule has 2 saturated heterocycles. The number of benzene rings is 2. The first kappa shape index (κ1) is 54.3. The Kier molecular flexibility index (Phi) is 17.7. The largest absolute Gasteiger partial charge is 0.444 e. The zero-order chi connectivity index (χ0) is 44.4. The molecule has 344 valence electrons. The van der Waals surface area contributed by atoms with Gasteiger partial charge in [0, 0.05) is 26.2 Å². The van der Waals surface area contributed by atoms with E-state index in [1.54, 1.807) is 41.5 Å². The number of hydrogen-bond donors (Lipinski definition) is 0. The van der Waals surface area contributed by atoms with Gasteiger partial charge in [0.05, 0.1) is 31.4 Å². The van der Waals surface area contributed by atoms with Gasteiger partial charge in [-0.05, 0) is 129 Å². The smallest absolute Gasteiger partial charge is 0.416 e. The van der Waals surface area contributed by atoms with Gasteiger partial charge in [0.15, 0.2) is 19.7 Å². The third-order valence-corrected chi connectivity index (χ3v) is 14.0. The Bertz CT molecular complexity index is 2010. The fourth-order valence-corrected chi connectivity index (χ4v) is 9.99. The molecule has 2 aliphatic heterocycles.